The number of aryl methyl sites for hydroxylation is 1. The van der Waals surface area contributed by atoms with Gasteiger partial charge in [-0.3, -0.25) is 4.79 Å². The summed E-state index contributed by atoms with van der Waals surface area (Å²) in [6.07, 6.45) is 2.04. The molecular formula is C16H19N3O. The molecule has 20 heavy (non-hydrogen) atoms. The number of nitrogens with zero attached hydrogens (tertiary/aromatic N) is 1. The number of pyridine rings is 1. The number of hydrogen-bond donors (Lipinski definition) is 2. The van der Waals surface area contributed by atoms with Gasteiger partial charge in [-0.2, -0.15) is 0 Å². The molecule has 0 aliphatic carbocycles. The highest BCUT2D eigenvalue weighted by atomic mass is 16.1. The second-order valence-corrected chi connectivity index (χ2v) is 4.61. The smallest absolute Gasteiger partial charge is 0.228 e. The molecule has 0 saturated carbocycles. The molecule has 0 spiro atoms. The van der Waals surface area contributed by atoms with Gasteiger partial charge in [0.2, 0.25) is 5.91 Å². The highest BCUT2D eigenvalue weighted by Crippen LogP contribution is 2.12. The van der Waals surface area contributed by atoms with Crippen LogP contribution in [0.1, 0.15) is 18.1 Å². The highest BCUT2D eigenvalue weighted by Gasteiger charge is 2.06. The fraction of sp³-hybridized carbons (Fsp3) is 0.250. The minimum absolute atomic E-state index is 0.0303. The van der Waals surface area contributed by atoms with Gasteiger partial charge in [-0.25, -0.2) is 4.98 Å². The summed E-state index contributed by atoms with van der Waals surface area (Å²) in [7, 11) is 0. The lowest BCUT2D eigenvalue weighted by molar-refractivity contribution is -0.115. The maximum absolute atomic E-state index is 12.0. The molecule has 2 rings (SSSR count). The van der Waals surface area contributed by atoms with E-state index >= 15 is 0 Å². The Morgan fingerprint density at radius 2 is 2.00 bits per heavy atom. The fourth-order valence-corrected chi connectivity index (χ4v) is 1.94. The Morgan fingerprint density at radius 1 is 1.20 bits per heavy atom. The second kappa shape index (κ2) is 6.70. The number of anilines is 2. The van der Waals surface area contributed by atoms with Crippen molar-refractivity contribution < 1.29 is 4.79 Å². The lowest BCUT2D eigenvalue weighted by atomic mass is 10.1. The van der Waals surface area contributed by atoms with Crippen LogP contribution in [0.4, 0.5) is 11.5 Å². The van der Waals surface area contributed by atoms with Crippen molar-refractivity contribution in [3.8, 4) is 0 Å². The molecule has 0 bridgehead atoms. The summed E-state index contributed by atoms with van der Waals surface area (Å²) in [6, 6.07) is 11.6. The van der Waals surface area contributed by atoms with Crippen LogP contribution in [-0.4, -0.2) is 17.4 Å². The van der Waals surface area contributed by atoms with Crippen molar-refractivity contribution in [2.24, 2.45) is 0 Å². The van der Waals surface area contributed by atoms with Crippen molar-refractivity contribution in [1.82, 2.24) is 4.98 Å². The summed E-state index contributed by atoms with van der Waals surface area (Å²) in [5, 5.41) is 5.97. The molecular weight excluding hydrogens is 250 g/mol. The zero-order valence-electron chi connectivity index (χ0n) is 11.8. The standard InChI is InChI=1S/C16H19N3O/c1-3-17-15-9-8-14(11-18-15)19-16(20)10-13-7-5-4-6-12(13)2/h4-9,11H,3,10H2,1-2H3,(H,17,18)(H,19,20). The first-order valence-electron chi connectivity index (χ1n) is 6.73. The Balaban J connectivity index is 1.96. The molecule has 2 N–H and O–H groups in total. The van der Waals surface area contributed by atoms with Gasteiger partial charge in [0.1, 0.15) is 5.82 Å². The zero-order valence-corrected chi connectivity index (χ0v) is 11.8. The number of aromatic nitrogens is 1. The molecule has 2 aromatic rings. The number of benzene rings is 1. The SMILES string of the molecule is CCNc1ccc(NC(=O)Cc2ccccc2C)cn1. The van der Waals surface area contributed by atoms with Crippen LogP contribution in [0.25, 0.3) is 0 Å². The van der Waals surface area contributed by atoms with Gasteiger partial charge in [-0.1, -0.05) is 24.3 Å². The van der Waals surface area contributed by atoms with Crippen molar-refractivity contribution in [2.45, 2.75) is 20.3 Å². The topological polar surface area (TPSA) is 54.0 Å². The van der Waals surface area contributed by atoms with Gasteiger partial charge < -0.3 is 10.6 Å². The summed E-state index contributed by atoms with van der Waals surface area (Å²) in [4.78, 5) is 16.2. The predicted octanol–water partition coefficient (Wildman–Crippen LogP) is 3.00. The molecule has 104 valence electrons. The third-order valence-corrected chi connectivity index (χ3v) is 3.02. The van der Waals surface area contributed by atoms with E-state index in [-0.39, 0.29) is 5.91 Å². The minimum Gasteiger partial charge on any atom is -0.370 e. The van der Waals surface area contributed by atoms with E-state index < -0.39 is 0 Å². The summed E-state index contributed by atoms with van der Waals surface area (Å²) in [5.74, 6) is 0.779. The summed E-state index contributed by atoms with van der Waals surface area (Å²) in [5.41, 5.74) is 2.88. The van der Waals surface area contributed by atoms with E-state index in [0.29, 0.717) is 12.1 Å². The van der Waals surface area contributed by atoms with Gasteiger partial charge in [-0.05, 0) is 37.1 Å². The lowest BCUT2D eigenvalue weighted by Crippen LogP contribution is -2.15. The Labute approximate surface area is 119 Å². The average Bonchev–Trinajstić information content (AvgIpc) is 2.44. The Morgan fingerprint density at radius 3 is 2.65 bits per heavy atom. The van der Waals surface area contributed by atoms with Crippen molar-refractivity contribution in [3.63, 3.8) is 0 Å². The number of nitrogens with one attached hydrogen (secondary N) is 2. The van der Waals surface area contributed by atoms with E-state index in [1.807, 2.05) is 50.2 Å². The normalized spacial score (nSPS) is 10.1. The first-order chi connectivity index (χ1) is 9.69. The molecule has 0 unspecified atom stereocenters. The molecule has 1 amide bonds. The highest BCUT2D eigenvalue weighted by molar-refractivity contribution is 5.92. The summed E-state index contributed by atoms with van der Waals surface area (Å²) < 4.78 is 0. The molecule has 0 aliphatic rings. The Bertz CT molecular complexity index is 579. The average molecular weight is 269 g/mol. The molecule has 4 heteroatoms. The lowest BCUT2D eigenvalue weighted by Gasteiger charge is -2.08. The van der Waals surface area contributed by atoms with Crippen LogP contribution in [0, 0.1) is 6.92 Å². The van der Waals surface area contributed by atoms with Crippen molar-refractivity contribution in [1.29, 1.82) is 0 Å². The maximum Gasteiger partial charge on any atom is 0.228 e. The number of hydrogen-bond acceptors (Lipinski definition) is 3. The third kappa shape index (κ3) is 3.82. The van der Waals surface area contributed by atoms with Crippen molar-refractivity contribution >= 4 is 17.4 Å². The van der Waals surface area contributed by atoms with Gasteiger partial charge in [0.25, 0.3) is 0 Å². The van der Waals surface area contributed by atoms with Crippen LogP contribution in [0.2, 0.25) is 0 Å². The first kappa shape index (κ1) is 14.1. The molecule has 0 saturated heterocycles. The monoisotopic (exact) mass is 269 g/mol. The molecule has 4 nitrogen and oxygen atoms in total. The fourth-order valence-electron chi connectivity index (χ4n) is 1.94. The summed E-state index contributed by atoms with van der Waals surface area (Å²) >= 11 is 0. The largest absolute Gasteiger partial charge is 0.370 e. The van der Waals surface area contributed by atoms with E-state index in [2.05, 4.69) is 15.6 Å². The van der Waals surface area contributed by atoms with Gasteiger partial charge in [0.05, 0.1) is 18.3 Å². The van der Waals surface area contributed by atoms with E-state index in [0.717, 1.165) is 23.5 Å². The van der Waals surface area contributed by atoms with Crippen LogP contribution in [0.15, 0.2) is 42.6 Å². The predicted molar refractivity (Wildman–Crippen MR) is 81.9 cm³/mol. The molecule has 1 heterocycles. The van der Waals surface area contributed by atoms with Crippen LogP contribution in [0.5, 0.6) is 0 Å². The van der Waals surface area contributed by atoms with Gasteiger partial charge in [-0.15, -0.1) is 0 Å². The molecule has 1 aromatic heterocycles. The number of carbonyl (C=O) groups excluding carboxylic acids is 1. The van der Waals surface area contributed by atoms with Gasteiger partial charge >= 0.3 is 0 Å². The molecule has 0 aliphatic heterocycles. The second-order valence-electron chi connectivity index (χ2n) is 4.61. The minimum atomic E-state index is -0.0303. The molecule has 0 atom stereocenters. The van der Waals surface area contributed by atoms with Crippen LogP contribution < -0.4 is 10.6 Å². The van der Waals surface area contributed by atoms with Gasteiger partial charge in [0.15, 0.2) is 0 Å². The third-order valence-electron chi connectivity index (χ3n) is 3.02. The van der Waals surface area contributed by atoms with Crippen LogP contribution >= 0.6 is 0 Å². The quantitative estimate of drug-likeness (QED) is 0.877. The van der Waals surface area contributed by atoms with Gasteiger partial charge in [0, 0.05) is 6.54 Å². The number of rotatable bonds is 5. The molecule has 0 radical (unpaired) electrons. The molecule has 1 aromatic carbocycles. The number of carbonyl (C=O) groups is 1. The number of amides is 1. The van der Waals surface area contributed by atoms with Crippen LogP contribution in [-0.2, 0) is 11.2 Å². The van der Waals surface area contributed by atoms with Crippen molar-refractivity contribution in [2.75, 3.05) is 17.2 Å². The van der Waals surface area contributed by atoms with Crippen molar-refractivity contribution in [3.05, 3.63) is 53.7 Å². The maximum atomic E-state index is 12.0. The van der Waals surface area contributed by atoms with E-state index in [4.69, 9.17) is 0 Å². The van der Waals surface area contributed by atoms with E-state index in [1.165, 1.54) is 0 Å². The Kier molecular flexibility index (Phi) is 4.71. The van der Waals surface area contributed by atoms with E-state index in [9.17, 15) is 4.79 Å². The van der Waals surface area contributed by atoms with E-state index in [1.54, 1.807) is 6.20 Å². The molecule has 0 fully saturated rings. The van der Waals surface area contributed by atoms with Crippen LogP contribution in [0.3, 0.4) is 0 Å². The Hall–Kier alpha value is -2.36. The first-order valence-corrected chi connectivity index (χ1v) is 6.73. The zero-order chi connectivity index (χ0) is 14.4. The summed E-state index contributed by atoms with van der Waals surface area (Å²) in [6.45, 7) is 4.85.